The molecule has 0 atom stereocenters. The predicted molar refractivity (Wildman–Crippen MR) is 72.0 cm³/mol. The first-order valence-corrected chi connectivity index (χ1v) is 6.29. The van der Waals surface area contributed by atoms with Gasteiger partial charge < -0.3 is 9.88 Å². The van der Waals surface area contributed by atoms with E-state index in [1.54, 1.807) is 0 Å². The third kappa shape index (κ3) is 2.13. The van der Waals surface area contributed by atoms with Crippen LogP contribution < -0.4 is 5.32 Å². The van der Waals surface area contributed by atoms with Crippen LogP contribution in [0.4, 0.5) is 0 Å². The summed E-state index contributed by atoms with van der Waals surface area (Å²) >= 11 is 0. The highest BCUT2D eigenvalue weighted by molar-refractivity contribution is 5.84. The SMILES string of the molecule is C=CCn1cc(CNC2CC2)c2ccccc21. The summed E-state index contributed by atoms with van der Waals surface area (Å²) in [7, 11) is 0. The molecule has 1 aromatic heterocycles. The number of hydrogen-bond donors (Lipinski definition) is 1. The maximum Gasteiger partial charge on any atom is 0.0486 e. The molecule has 2 nitrogen and oxygen atoms in total. The molecule has 17 heavy (non-hydrogen) atoms. The number of aromatic nitrogens is 1. The minimum Gasteiger partial charge on any atom is -0.343 e. The summed E-state index contributed by atoms with van der Waals surface area (Å²) in [6, 6.07) is 9.36. The topological polar surface area (TPSA) is 17.0 Å². The third-order valence-electron chi connectivity index (χ3n) is 3.36. The van der Waals surface area contributed by atoms with Gasteiger partial charge in [0.05, 0.1) is 0 Å². The highest BCUT2D eigenvalue weighted by Gasteiger charge is 2.20. The summed E-state index contributed by atoms with van der Waals surface area (Å²) < 4.78 is 2.27. The van der Waals surface area contributed by atoms with Crippen molar-refractivity contribution in [1.29, 1.82) is 0 Å². The lowest BCUT2D eigenvalue weighted by Crippen LogP contribution is -2.14. The van der Waals surface area contributed by atoms with Gasteiger partial charge in [0.1, 0.15) is 0 Å². The van der Waals surface area contributed by atoms with Gasteiger partial charge in [0, 0.05) is 36.2 Å². The minimum absolute atomic E-state index is 0.761. The van der Waals surface area contributed by atoms with E-state index in [9.17, 15) is 0 Å². The van der Waals surface area contributed by atoms with Gasteiger partial charge >= 0.3 is 0 Å². The van der Waals surface area contributed by atoms with E-state index in [-0.39, 0.29) is 0 Å². The van der Waals surface area contributed by atoms with Crippen molar-refractivity contribution in [1.82, 2.24) is 9.88 Å². The largest absolute Gasteiger partial charge is 0.343 e. The van der Waals surface area contributed by atoms with E-state index in [0.717, 1.165) is 19.1 Å². The normalized spacial score (nSPS) is 15.3. The molecule has 0 unspecified atom stereocenters. The lowest BCUT2D eigenvalue weighted by atomic mass is 10.2. The van der Waals surface area contributed by atoms with E-state index in [0.29, 0.717) is 0 Å². The maximum absolute atomic E-state index is 3.82. The van der Waals surface area contributed by atoms with Gasteiger partial charge in [0.2, 0.25) is 0 Å². The first kappa shape index (κ1) is 10.6. The monoisotopic (exact) mass is 226 g/mol. The number of benzene rings is 1. The van der Waals surface area contributed by atoms with Crippen molar-refractivity contribution in [3.05, 3.63) is 48.7 Å². The summed E-state index contributed by atoms with van der Waals surface area (Å²) in [6.45, 7) is 5.68. The fourth-order valence-electron chi connectivity index (χ4n) is 2.30. The van der Waals surface area contributed by atoms with Crippen molar-refractivity contribution in [3.63, 3.8) is 0 Å². The summed E-state index contributed by atoms with van der Waals surface area (Å²) in [5, 5.41) is 4.94. The zero-order chi connectivity index (χ0) is 11.7. The molecule has 1 aliphatic rings. The molecular weight excluding hydrogens is 208 g/mol. The second-order valence-corrected chi connectivity index (χ2v) is 4.77. The van der Waals surface area contributed by atoms with Gasteiger partial charge in [-0.05, 0) is 24.5 Å². The number of hydrogen-bond acceptors (Lipinski definition) is 1. The summed E-state index contributed by atoms with van der Waals surface area (Å²) in [5.74, 6) is 0. The van der Waals surface area contributed by atoms with Gasteiger partial charge in [-0.3, -0.25) is 0 Å². The molecule has 1 saturated carbocycles. The number of nitrogens with one attached hydrogen (secondary N) is 1. The molecule has 0 spiro atoms. The van der Waals surface area contributed by atoms with Gasteiger partial charge in [-0.25, -0.2) is 0 Å². The molecule has 1 heterocycles. The highest BCUT2D eigenvalue weighted by Crippen LogP contribution is 2.24. The Morgan fingerprint density at radius 1 is 1.35 bits per heavy atom. The molecular formula is C15H18N2. The average Bonchev–Trinajstić information content (AvgIpc) is 3.12. The first-order chi connectivity index (χ1) is 8.38. The lowest BCUT2D eigenvalue weighted by Gasteiger charge is -2.00. The molecule has 1 fully saturated rings. The Kier molecular flexibility index (Phi) is 2.73. The van der Waals surface area contributed by atoms with Crippen molar-refractivity contribution in [2.24, 2.45) is 0 Å². The van der Waals surface area contributed by atoms with Crippen LogP contribution in [0.15, 0.2) is 43.1 Å². The van der Waals surface area contributed by atoms with Crippen LogP contribution in [0.3, 0.4) is 0 Å². The van der Waals surface area contributed by atoms with Crippen molar-refractivity contribution in [3.8, 4) is 0 Å². The maximum atomic E-state index is 3.82. The molecule has 0 radical (unpaired) electrons. The van der Waals surface area contributed by atoms with Gasteiger partial charge in [-0.1, -0.05) is 24.3 Å². The molecule has 2 heteroatoms. The number of para-hydroxylation sites is 1. The second kappa shape index (κ2) is 4.38. The Morgan fingerprint density at radius 3 is 2.94 bits per heavy atom. The molecule has 1 aliphatic carbocycles. The molecule has 1 N–H and O–H groups in total. The highest BCUT2D eigenvalue weighted by atomic mass is 15.0. The first-order valence-electron chi connectivity index (χ1n) is 6.29. The summed E-state index contributed by atoms with van der Waals surface area (Å²) in [6.07, 6.45) is 6.88. The molecule has 0 saturated heterocycles. The zero-order valence-electron chi connectivity index (χ0n) is 10.0. The van der Waals surface area contributed by atoms with E-state index in [4.69, 9.17) is 0 Å². The molecule has 88 valence electrons. The van der Waals surface area contributed by atoms with Crippen LogP contribution in [0.2, 0.25) is 0 Å². The van der Waals surface area contributed by atoms with Crippen LogP contribution in [0, 0.1) is 0 Å². The molecule has 1 aromatic carbocycles. The molecule has 0 amide bonds. The predicted octanol–water partition coefficient (Wildman–Crippen LogP) is 3.08. The van der Waals surface area contributed by atoms with Crippen LogP contribution in [-0.2, 0) is 13.1 Å². The lowest BCUT2D eigenvalue weighted by molar-refractivity contribution is 0.687. The van der Waals surface area contributed by atoms with Crippen LogP contribution in [0.5, 0.6) is 0 Å². The van der Waals surface area contributed by atoms with Crippen molar-refractivity contribution < 1.29 is 0 Å². The Bertz CT molecular complexity index is 535. The van der Waals surface area contributed by atoms with E-state index in [2.05, 4.69) is 46.9 Å². The Morgan fingerprint density at radius 2 is 2.18 bits per heavy atom. The molecule has 0 bridgehead atoms. The van der Waals surface area contributed by atoms with E-state index < -0.39 is 0 Å². The van der Waals surface area contributed by atoms with Crippen LogP contribution in [-0.4, -0.2) is 10.6 Å². The average molecular weight is 226 g/mol. The number of nitrogens with zero attached hydrogens (tertiary/aromatic N) is 1. The van der Waals surface area contributed by atoms with Gasteiger partial charge in [-0.2, -0.15) is 0 Å². The van der Waals surface area contributed by atoms with Gasteiger partial charge in [0.25, 0.3) is 0 Å². The fourth-order valence-corrected chi connectivity index (χ4v) is 2.30. The fraction of sp³-hybridized carbons (Fsp3) is 0.333. The van der Waals surface area contributed by atoms with E-state index in [1.165, 1.54) is 29.3 Å². The van der Waals surface area contributed by atoms with Crippen molar-refractivity contribution >= 4 is 10.9 Å². The number of fused-ring (bicyclic) bond motifs is 1. The Hall–Kier alpha value is -1.54. The van der Waals surface area contributed by atoms with Crippen LogP contribution >= 0.6 is 0 Å². The zero-order valence-corrected chi connectivity index (χ0v) is 10.0. The third-order valence-corrected chi connectivity index (χ3v) is 3.36. The summed E-state index contributed by atoms with van der Waals surface area (Å²) in [5.41, 5.74) is 2.70. The van der Waals surface area contributed by atoms with Crippen LogP contribution in [0.1, 0.15) is 18.4 Å². The van der Waals surface area contributed by atoms with E-state index >= 15 is 0 Å². The Labute approximate surface area is 102 Å². The second-order valence-electron chi connectivity index (χ2n) is 4.77. The molecule has 0 aliphatic heterocycles. The number of rotatable bonds is 5. The Balaban J connectivity index is 1.94. The van der Waals surface area contributed by atoms with Gasteiger partial charge in [-0.15, -0.1) is 6.58 Å². The van der Waals surface area contributed by atoms with E-state index in [1.807, 2.05) is 6.08 Å². The standard InChI is InChI=1S/C15H18N2/c1-2-9-17-11-12(10-16-13-7-8-13)14-5-3-4-6-15(14)17/h2-6,11,13,16H,1,7-10H2. The van der Waals surface area contributed by atoms with Crippen LogP contribution in [0.25, 0.3) is 10.9 Å². The molecule has 3 rings (SSSR count). The van der Waals surface area contributed by atoms with Gasteiger partial charge in [0.15, 0.2) is 0 Å². The minimum atomic E-state index is 0.761. The van der Waals surface area contributed by atoms with Crippen molar-refractivity contribution in [2.45, 2.75) is 32.0 Å². The van der Waals surface area contributed by atoms with Crippen molar-refractivity contribution in [2.75, 3.05) is 0 Å². The molecule has 2 aromatic rings. The smallest absolute Gasteiger partial charge is 0.0486 e. The number of allylic oxidation sites excluding steroid dienone is 1. The quantitative estimate of drug-likeness (QED) is 0.775. The summed E-state index contributed by atoms with van der Waals surface area (Å²) in [4.78, 5) is 0.